The van der Waals surface area contributed by atoms with Crippen LogP contribution >= 0.6 is 0 Å². The predicted octanol–water partition coefficient (Wildman–Crippen LogP) is 4.11. The summed E-state index contributed by atoms with van der Waals surface area (Å²) in [5, 5.41) is 7.97. The van der Waals surface area contributed by atoms with Crippen LogP contribution in [0.4, 0.5) is 0 Å². The first-order chi connectivity index (χ1) is 9.56. The Hall–Kier alpha value is -1.61. The van der Waals surface area contributed by atoms with Crippen LogP contribution in [0, 0.1) is 6.92 Å². The highest BCUT2D eigenvalue weighted by Crippen LogP contribution is 2.27. The Morgan fingerprint density at radius 3 is 2.60 bits per heavy atom. The summed E-state index contributed by atoms with van der Waals surface area (Å²) >= 11 is 0. The summed E-state index contributed by atoms with van der Waals surface area (Å²) < 4.78 is 2.03. The molecule has 1 unspecified atom stereocenters. The molecule has 0 saturated carbocycles. The van der Waals surface area contributed by atoms with Crippen LogP contribution in [0.5, 0.6) is 0 Å². The van der Waals surface area contributed by atoms with Crippen molar-refractivity contribution in [2.45, 2.75) is 46.2 Å². The van der Waals surface area contributed by atoms with Gasteiger partial charge < -0.3 is 5.32 Å². The Kier molecular flexibility index (Phi) is 4.61. The summed E-state index contributed by atoms with van der Waals surface area (Å²) in [5.74, 6) is 0. The van der Waals surface area contributed by atoms with Gasteiger partial charge in [0.25, 0.3) is 0 Å². The first kappa shape index (κ1) is 14.8. The molecule has 0 fully saturated rings. The molecular formula is C17H25N3. The van der Waals surface area contributed by atoms with Crippen LogP contribution in [0.25, 0.3) is 11.1 Å². The zero-order chi connectivity index (χ0) is 14.7. The monoisotopic (exact) mass is 271 g/mol. The Balaban J connectivity index is 2.40. The fourth-order valence-corrected chi connectivity index (χ4v) is 2.56. The molecule has 0 saturated heterocycles. The van der Waals surface area contributed by atoms with Gasteiger partial charge in [-0.3, -0.25) is 4.68 Å². The van der Waals surface area contributed by atoms with Crippen molar-refractivity contribution in [3.63, 3.8) is 0 Å². The molecule has 108 valence electrons. The van der Waals surface area contributed by atoms with Gasteiger partial charge in [-0.25, -0.2) is 0 Å². The summed E-state index contributed by atoms with van der Waals surface area (Å²) in [5.41, 5.74) is 4.91. The third kappa shape index (κ3) is 2.93. The van der Waals surface area contributed by atoms with Crippen LogP contribution in [-0.4, -0.2) is 16.8 Å². The second kappa shape index (κ2) is 6.23. The van der Waals surface area contributed by atoms with Gasteiger partial charge in [-0.1, -0.05) is 25.1 Å². The SMILES string of the molecule is CCC(NC)c1cccc(-c2cn(C(C)C)nc2C)c1. The van der Waals surface area contributed by atoms with Crippen LogP contribution in [0.1, 0.15) is 50.5 Å². The van der Waals surface area contributed by atoms with E-state index in [1.807, 2.05) is 11.7 Å². The summed E-state index contributed by atoms with van der Waals surface area (Å²) in [7, 11) is 2.02. The van der Waals surface area contributed by atoms with E-state index in [4.69, 9.17) is 0 Å². The molecule has 0 aliphatic heterocycles. The normalized spacial score (nSPS) is 12.9. The Morgan fingerprint density at radius 1 is 1.30 bits per heavy atom. The van der Waals surface area contributed by atoms with Crippen LogP contribution in [-0.2, 0) is 0 Å². The van der Waals surface area contributed by atoms with E-state index in [2.05, 4.69) is 68.6 Å². The highest BCUT2D eigenvalue weighted by atomic mass is 15.3. The lowest BCUT2D eigenvalue weighted by Crippen LogP contribution is -2.15. The number of benzene rings is 1. The van der Waals surface area contributed by atoms with E-state index in [0.717, 1.165) is 12.1 Å². The van der Waals surface area contributed by atoms with Gasteiger partial charge in [0.15, 0.2) is 0 Å². The van der Waals surface area contributed by atoms with Crippen molar-refractivity contribution in [3.8, 4) is 11.1 Å². The molecule has 0 bridgehead atoms. The number of hydrogen-bond donors (Lipinski definition) is 1. The molecule has 2 rings (SSSR count). The molecule has 1 aromatic carbocycles. The maximum atomic E-state index is 4.60. The van der Waals surface area contributed by atoms with Gasteiger partial charge in [0.2, 0.25) is 0 Å². The number of hydrogen-bond acceptors (Lipinski definition) is 2. The molecule has 0 spiro atoms. The number of nitrogens with one attached hydrogen (secondary N) is 1. The van der Waals surface area contributed by atoms with Gasteiger partial charge in [0, 0.05) is 23.8 Å². The van der Waals surface area contributed by atoms with E-state index in [0.29, 0.717) is 12.1 Å². The number of nitrogens with zero attached hydrogens (tertiary/aromatic N) is 2. The Bertz CT molecular complexity index is 565. The van der Waals surface area contributed by atoms with Gasteiger partial charge in [0.1, 0.15) is 0 Å². The highest BCUT2D eigenvalue weighted by Gasteiger charge is 2.12. The predicted molar refractivity (Wildman–Crippen MR) is 84.9 cm³/mol. The lowest BCUT2D eigenvalue weighted by atomic mass is 9.99. The first-order valence-corrected chi connectivity index (χ1v) is 7.40. The molecule has 0 radical (unpaired) electrons. The molecule has 1 heterocycles. The molecule has 3 heteroatoms. The number of aryl methyl sites for hydroxylation is 1. The van der Waals surface area contributed by atoms with E-state index < -0.39 is 0 Å². The lowest BCUT2D eigenvalue weighted by molar-refractivity contribution is 0.529. The van der Waals surface area contributed by atoms with Crippen LogP contribution in [0.3, 0.4) is 0 Å². The van der Waals surface area contributed by atoms with Crippen molar-refractivity contribution >= 4 is 0 Å². The maximum absolute atomic E-state index is 4.60. The Morgan fingerprint density at radius 2 is 2.05 bits per heavy atom. The van der Waals surface area contributed by atoms with Crippen LogP contribution < -0.4 is 5.32 Å². The van der Waals surface area contributed by atoms with E-state index in [9.17, 15) is 0 Å². The quantitative estimate of drug-likeness (QED) is 0.887. The molecular weight excluding hydrogens is 246 g/mol. The molecule has 2 aromatic rings. The second-order valence-corrected chi connectivity index (χ2v) is 5.58. The van der Waals surface area contributed by atoms with Crippen molar-refractivity contribution in [3.05, 3.63) is 41.7 Å². The van der Waals surface area contributed by atoms with E-state index in [-0.39, 0.29) is 0 Å². The van der Waals surface area contributed by atoms with Gasteiger partial charge in [-0.2, -0.15) is 5.10 Å². The van der Waals surface area contributed by atoms with Crippen LogP contribution in [0.15, 0.2) is 30.5 Å². The van der Waals surface area contributed by atoms with Gasteiger partial charge >= 0.3 is 0 Å². The lowest BCUT2D eigenvalue weighted by Gasteiger charge is -2.15. The smallest absolute Gasteiger partial charge is 0.0672 e. The zero-order valence-corrected chi connectivity index (χ0v) is 13.1. The van der Waals surface area contributed by atoms with Crippen molar-refractivity contribution in [1.29, 1.82) is 0 Å². The summed E-state index contributed by atoms with van der Waals surface area (Å²) in [6, 6.07) is 9.58. The minimum absolute atomic E-state index is 0.395. The topological polar surface area (TPSA) is 29.9 Å². The third-order valence-electron chi connectivity index (χ3n) is 3.80. The molecule has 1 atom stereocenters. The number of aromatic nitrogens is 2. The summed E-state index contributed by atoms with van der Waals surface area (Å²) in [6.45, 7) is 8.59. The fraction of sp³-hybridized carbons (Fsp3) is 0.471. The molecule has 0 amide bonds. The molecule has 3 nitrogen and oxygen atoms in total. The molecule has 0 aliphatic rings. The van der Waals surface area contributed by atoms with Crippen molar-refractivity contribution < 1.29 is 0 Å². The fourth-order valence-electron chi connectivity index (χ4n) is 2.56. The summed E-state index contributed by atoms with van der Waals surface area (Å²) in [4.78, 5) is 0. The highest BCUT2D eigenvalue weighted by molar-refractivity contribution is 5.66. The standard InChI is InChI=1S/C17H25N3/c1-6-17(18-5)15-9-7-8-14(10-15)16-11-20(12(2)3)19-13(16)4/h7-12,17-18H,6H2,1-5H3. The van der Waals surface area contributed by atoms with Crippen molar-refractivity contribution in [1.82, 2.24) is 15.1 Å². The van der Waals surface area contributed by atoms with Crippen molar-refractivity contribution in [2.24, 2.45) is 0 Å². The third-order valence-corrected chi connectivity index (χ3v) is 3.80. The first-order valence-electron chi connectivity index (χ1n) is 7.40. The van der Waals surface area contributed by atoms with Gasteiger partial charge in [0.05, 0.1) is 5.69 Å². The zero-order valence-electron chi connectivity index (χ0n) is 13.1. The minimum atomic E-state index is 0.395. The van der Waals surface area contributed by atoms with Crippen molar-refractivity contribution in [2.75, 3.05) is 7.05 Å². The minimum Gasteiger partial charge on any atom is -0.313 e. The van der Waals surface area contributed by atoms with E-state index >= 15 is 0 Å². The van der Waals surface area contributed by atoms with E-state index in [1.165, 1.54) is 16.7 Å². The largest absolute Gasteiger partial charge is 0.313 e. The molecule has 0 aliphatic carbocycles. The number of rotatable bonds is 5. The molecule has 1 N–H and O–H groups in total. The van der Waals surface area contributed by atoms with Gasteiger partial charge in [-0.05, 0) is 51.4 Å². The summed E-state index contributed by atoms with van der Waals surface area (Å²) in [6.07, 6.45) is 3.24. The Labute approximate surface area is 122 Å². The van der Waals surface area contributed by atoms with Crippen LogP contribution in [0.2, 0.25) is 0 Å². The molecule has 1 aromatic heterocycles. The van der Waals surface area contributed by atoms with Gasteiger partial charge in [-0.15, -0.1) is 0 Å². The average Bonchev–Trinajstić information content (AvgIpc) is 2.83. The van der Waals surface area contributed by atoms with E-state index in [1.54, 1.807) is 0 Å². The average molecular weight is 271 g/mol. The maximum Gasteiger partial charge on any atom is 0.0672 e. The molecule has 20 heavy (non-hydrogen) atoms. The second-order valence-electron chi connectivity index (χ2n) is 5.58.